The van der Waals surface area contributed by atoms with Crippen molar-refractivity contribution in [2.75, 3.05) is 0 Å². The van der Waals surface area contributed by atoms with E-state index in [0.717, 1.165) is 29.5 Å². The van der Waals surface area contributed by atoms with Gasteiger partial charge in [0.05, 0.1) is 6.10 Å². The van der Waals surface area contributed by atoms with Gasteiger partial charge in [0.25, 0.3) is 0 Å². The lowest BCUT2D eigenvalue weighted by atomic mass is 10.1. The summed E-state index contributed by atoms with van der Waals surface area (Å²) in [5.74, 6) is 0.652. The number of para-hydroxylation sites is 2. The molecule has 3 aromatic rings. The summed E-state index contributed by atoms with van der Waals surface area (Å²) in [6.45, 7) is 0. The highest BCUT2D eigenvalue weighted by molar-refractivity contribution is 5.72. The second kappa shape index (κ2) is 5.93. The third kappa shape index (κ3) is 2.64. The molecular weight excluding hydrogens is 274 g/mol. The van der Waals surface area contributed by atoms with Crippen molar-refractivity contribution in [3.8, 4) is 0 Å². The van der Waals surface area contributed by atoms with Crippen molar-refractivity contribution in [1.29, 1.82) is 0 Å². The molecule has 0 spiro atoms. The predicted octanol–water partition coefficient (Wildman–Crippen LogP) is 4.88. The summed E-state index contributed by atoms with van der Waals surface area (Å²) >= 11 is 0. The Kier molecular flexibility index (Phi) is 3.65. The second-order valence-corrected chi connectivity index (χ2v) is 5.85. The maximum atomic E-state index is 6.36. The Morgan fingerprint density at radius 2 is 1.68 bits per heavy atom. The van der Waals surface area contributed by atoms with Gasteiger partial charge in [0, 0.05) is 0 Å². The molecule has 1 saturated carbocycles. The van der Waals surface area contributed by atoms with Gasteiger partial charge < -0.3 is 9.15 Å². The van der Waals surface area contributed by atoms with Gasteiger partial charge in [-0.1, -0.05) is 55.3 Å². The van der Waals surface area contributed by atoms with Crippen LogP contribution in [0.1, 0.15) is 43.2 Å². The van der Waals surface area contributed by atoms with Gasteiger partial charge in [-0.3, -0.25) is 0 Å². The van der Waals surface area contributed by atoms with Crippen LogP contribution in [0, 0.1) is 0 Å². The van der Waals surface area contributed by atoms with E-state index in [1.807, 2.05) is 42.5 Å². The van der Waals surface area contributed by atoms with Crippen LogP contribution in [0.2, 0.25) is 0 Å². The van der Waals surface area contributed by atoms with E-state index in [4.69, 9.17) is 9.15 Å². The number of aromatic nitrogens is 1. The molecule has 0 saturated heterocycles. The Morgan fingerprint density at radius 1 is 0.955 bits per heavy atom. The monoisotopic (exact) mass is 293 g/mol. The molecule has 112 valence electrons. The molecule has 1 aliphatic carbocycles. The summed E-state index contributed by atoms with van der Waals surface area (Å²) in [6, 6.07) is 18.1. The van der Waals surface area contributed by atoms with Crippen LogP contribution >= 0.6 is 0 Å². The number of rotatable bonds is 4. The number of oxazole rings is 1. The van der Waals surface area contributed by atoms with Gasteiger partial charge in [-0.25, -0.2) is 4.98 Å². The third-order valence-corrected chi connectivity index (χ3v) is 4.27. The van der Waals surface area contributed by atoms with E-state index >= 15 is 0 Å². The van der Waals surface area contributed by atoms with Crippen molar-refractivity contribution in [3.63, 3.8) is 0 Å². The Hall–Kier alpha value is -2.13. The Balaban J connectivity index is 1.72. The van der Waals surface area contributed by atoms with Crippen LogP contribution in [-0.4, -0.2) is 11.1 Å². The van der Waals surface area contributed by atoms with E-state index in [-0.39, 0.29) is 6.10 Å². The molecule has 0 radical (unpaired) electrons. The predicted molar refractivity (Wildman–Crippen MR) is 85.6 cm³/mol. The minimum atomic E-state index is -0.225. The van der Waals surface area contributed by atoms with Gasteiger partial charge in [-0.15, -0.1) is 0 Å². The van der Waals surface area contributed by atoms with Gasteiger partial charge in [-0.05, 0) is 30.5 Å². The first-order chi connectivity index (χ1) is 10.9. The molecule has 2 aromatic carbocycles. The number of fused-ring (bicyclic) bond motifs is 1. The highest BCUT2D eigenvalue weighted by atomic mass is 16.5. The zero-order chi connectivity index (χ0) is 14.8. The molecule has 0 aliphatic heterocycles. The SMILES string of the molecule is c1ccc(C(OC2CCCC2)c2nc3ccccc3o2)cc1. The van der Waals surface area contributed by atoms with E-state index in [0.29, 0.717) is 12.0 Å². The first kappa shape index (κ1) is 13.5. The number of nitrogens with zero attached hydrogens (tertiary/aromatic N) is 1. The van der Waals surface area contributed by atoms with Crippen molar-refractivity contribution in [1.82, 2.24) is 4.98 Å². The lowest BCUT2D eigenvalue weighted by Crippen LogP contribution is -2.15. The van der Waals surface area contributed by atoms with E-state index < -0.39 is 0 Å². The van der Waals surface area contributed by atoms with Crippen molar-refractivity contribution in [2.45, 2.75) is 37.9 Å². The summed E-state index contributed by atoms with van der Waals surface area (Å²) in [7, 11) is 0. The molecule has 1 aliphatic rings. The Morgan fingerprint density at radius 3 is 2.45 bits per heavy atom. The van der Waals surface area contributed by atoms with Crippen LogP contribution < -0.4 is 0 Å². The lowest BCUT2D eigenvalue weighted by Gasteiger charge is -2.19. The molecule has 0 bridgehead atoms. The van der Waals surface area contributed by atoms with Crippen LogP contribution in [0.15, 0.2) is 59.0 Å². The number of hydrogen-bond acceptors (Lipinski definition) is 3. The third-order valence-electron chi connectivity index (χ3n) is 4.27. The van der Waals surface area contributed by atoms with E-state index in [9.17, 15) is 0 Å². The van der Waals surface area contributed by atoms with Gasteiger partial charge in [-0.2, -0.15) is 0 Å². The fraction of sp³-hybridized carbons (Fsp3) is 0.316. The fourth-order valence-corrected chi connectivity index (χ4v) is 3.13. The summed E-state index contributed by atoms with van der Waals surface area (Å²) in [5.41, 5.74) is 2.79. The Labute approximate surface area is 129 Å². The van der Waals surface area contributed by atoms with E-state index in [1.165, 1.54) is 12.8 Å². The smallest absolute Gasteiger partial charge is 0.229 e. The van der Waals surface area contributed by atoms with Crippen molar-refractivity contribution in [3.05, 3.63) is 66.1 Å². The van der Waals surface area contributed by atoms with Crippen LogP contribution in [0.5, 0.6) is 0 Å². The fourth-order valence-electron chi connectivity index (χ4n) is 3.13. The molecular formula is C19H19NO2. The summed E-state index contributed by atoms with van der Waals surface area (Å²) < 4.78 is 12.3. The summed E-state index contributed by atoms with van der Waals surface area (Å²) in [4.78, 5) is 4.64. The maximum Gasteiger partial charge on any atom is 0.229 e. The van der Waals surface area contributed by atoms with Gasteiger partial charge in [0.15, 0.2) is 11.7 Å². The average molecular weight is 293 g/mol. The molecule has 0 amide bonds. The van der Waals surface area contributed by atoms with Crippen LogP contribution in [0.25, 0.3) is 11.1 Å². The molecule has 0 N–H and O–H groups in total. The molecule has 1 aromatic heterocycles. The minimum Gasteiger partial charge on any atom is -0.437 e. The van der Waals surface area contributed by atoms with E-state index in [1.54, 1.807) is 0 Å². The first-order valence-electron chi connectivity index (χ1n) is 7.96. The normalized spacial score (nSPS) is 17.1. The molecule has 3 nitrogen and oxygen atoms in total. The van der Waals surface area contributed by atoms with E-state index in [2.05, 4.69) is 17.1 Å². The van der Waals surface area contributed by atoms with Gasteiger partial charge >= 0.3 is 0 Å². The summed E-state index contributed by atoms with van der Waals surface area (Å²) in [5, 5.41) is 0. The quantitative estimate of drug-likeness (QED) is 0.688. The zero-order valence-electron chi connectivity index (χ0n) is 12.4. The highest BCUT2D eigenvalue weighted by Gasteiger charge is 2.26. The molecule has 1 heterocycles. The van der Waals surface area contributed by atoms with Crippen LogP contribution in [-0.2, 0) is 4.74 Å². The Bertz CT molecular complexity index is 711. The molecule has 1 fully saturated rings. The molecule has 4 rings (SSSR count). The standard InChI is InChI=1S/C19H19NO2/c1-2-8-14(9-3-1)18(21-15-10-4-5-11-15)19-20-16-12-6-7-13-17(16)22-19/h1-3,6-9,12-13,15,18H,4-5,10-11H2. The molecule has 3 heteroatoms. The van der Waals surface area contributed by atoms with Crippen molar-refractivity contribution in [2.24, 2.45) is 0 Å². The van der Waals surface area contributed by atoms with Gasteiger partial charge in [0.2, 0.25) is 5.89 Å². The number of ether oxygens (including phenoxy) is 1. The van der Waals surface area contributed by atoms with Crippen LogP contribution in [0.3, 0.4) is 0 Å². The largest absolute Gasteiger partial charge is 0.437 e. The van der Waals surface area contributed by atoms with Gasteiger partial charge in [0.1, 0.15) is 5.52 Å². The topological polar surface area (TPSA) is 35.3 Å². The highest BCUT2D eigenvalue weighted by Crippen LogP contribution is 2.33. The lowest BCUT2D eigenvalue weighted by molar-refractivity contribution is 0.000183. The van der Waals surface area contributed by atoms with Crippen LogP contribution in [0.4, 0.5) is 0 Å². The number of hydrogen-bond donors (Lipinski definition) is 0. The number of benzene rings is 2. The zero-order valence-corrected chi connectivity index (χ0v) is 12.4. The second-order valence-electron chi connectivity index (χ2n) is 5.85. The molecule has 22 heavy (non-hydrogen) atoms. The maximum absolute atomic E-state index is 6.36. The van der Waals surface area contributed by atoms with Crippen molar-refractivity contribution >= 4 is 11.1 Å². The average Bonchev–Trinajstić information content (AvgIpc) is 3.22. The van der Waals surface area contributed by atoms with Crippen molar-refractivity contribution < 1.29 is 9.15 Å². The first-order valence-corrected chi connectivity index (χ1v) is 7.96. The molecule has 1 atom stereocenters. The minimum absolute atomic E-state index is 0.225. The molecule has 1 unspecified atom stereocenters. The summed E-state index contributed by atoms with van der Waals surface area (Å²) in [6.07, 6.45) is 4.84.